The molecule has 2 bridgehead atoms. The molecule has 2 N–H and O–H groups in total. The van der Waals surface area contributed by atoms with Gasteiger partial charge in [0.05, 0.1) is 26.9 Å². The molecule has 2 fully saturated rings. The predicted octanol–water partition coefficient (Wildman–Crippen LogP) is 2.98. The molecule has 0 spiro atoms. The van der Waals surface area contributed by atoms with Crippen LogP contribution in [0, 0.1) is 0 Å². The summed E-state index contributed by atoms with van der Waals surface area (Å²) in [6.07, 6.45) is -2.15. The van der Waals surface area contributed by atoms with Gasteiger partial charge >= 0.3 is 5.69 Å². The molecule has 1 aromatic heterocycles. The number of nitrogens with zero attached hydrogens (tertiary/aromatic N) is 1. The van der Waals surface area contributed by atoms with Gasteiger partial charge in [0.15, 0.2) is 6.23 Å². The van der Waals surface area contributed by atoms with Crippen LogP contribution < -0.4 is 20.7 Å². The molecule has 0 amide bonds. The van der Waals surface area contributed by atoms with E-state index in [2.05, 4.69) is 4.98 Å². The van der Waals surface area contributed by atoms with Gasteiger partial charge in [-0.15, -0.1) is 0 Å². The van der Waals surface area contributed by atoms with Crippen molar-refractivity contribution in [3.05, 3.63) is 129 Å². The molecule has 3 heterocycles. The van der Waals surface area contributed by atoms with Crippen LogP contribution in [0.5, 0.6) is 11.5 Å². The number of aromatic amines is 1. The Morgan fingerprint density at radius 3 is 2.00 bits per heavy atom. The summed E-state index contributed by atoms with van der Waals surface area (Å²) < 4.78 is 31.7. The smallest absolute Gasteiger partial charge is 0.330 e. The van der Waals surface area contributed by atoms with E-state index < -0.39 is 47.0 Å². The highest BCUT2D eigenvalue weighted by Gasteiger charge is 2.66. The highest BCUT2D eigenvalue weighted by molar-refractivity contribution is 5.49. The van der Waals surface area contributed by atoms with E-state index in [4.69, 9.17) is 23.7 Å². The van der Waals surface area contributed by atoms with Crippen molar-refractivity contribution in [1.82, 2.24) is 9.55 Å². The Kier molecular flexibility index (Phi) is 7.24. The van der Waals surface area contributed by atoms with Gasteiger partial charge in [-0.1, -0.05) is 54.6 Å². The van der Waals surface area contributed by atoms with Crippen molar-refractivity contribution in [3.63, 3.8) is 0 Å². The molecule has 0 unspecified atom stereocenters. The van der Waals surface area contributed by atoms with Crippen LogP contribution in [0.15, 0.2) is 101 Å². The van der Waals surface area contributed by atoms with E-state index in [0.717, 1.165) is 16.7 Å². The van der Waals surface area contributed by atoms with Crippen LogP contribution in [-0.2, 0) is 19.8 Å². The fraction of sp³-hybridized carbons (Fsp3) is 0.312. The molecule has 2 aliphatic heterocycles. The van der Waals surface area contributed by atoms with E-state index >= 15 is 0 Å². The number of nitrogens with one attached hydrogen (secondary N) is 1. The van der Waals surface area contributed by atoms with Gasteiger partial charge in [0.1, 0.15) is 34.9 Å². The van der Waals surface area contributed by atoms with E-state index in [1.165, 1.54) is 16.8 Å². The highest BCUT2D eigenvalue weighted by Crippen LogP contribution is 2.50. The van der Waals surface area contributed by atoms with Gasteiger partial charge in [0.2, 0.25) is 0 Å². The first-order chi connectivity index (χ1) is 20.3. The summed E-state index contributed by atoms with van der Waals surface area (Å²) in [6.45, 7) is 1.72. The fourth-order valence-electron chi connectivity index (χ4n) is 6.00. The van der Waals surface area contributed by atoms with Crippen LogP contribution in [0.1, 0.15) is 29.8 Å². The minimum Gasteiger partial charge on any atom is -0.497 e. The summed E-state index contributed by atoms with van der Waals surface area (Å²) in [4.78, 5) is 26.5. The molecule has 0 saturated carbocycles. The van der Waals surface area contributed by atoms with Crippen molar-refractivity contribution in [2.45, 2.75) is 42.7 Å². The minimum absolute atomic E-state index is 0.0899. The van der Waals surface area contributed by atoms with E-state index in [1.54, 1.807) is 14.2 Å². The van der Waals surface area contributed by atoms with E-state index in [9.17, 15) is 14.7 Å². The summed E-state index contributed by atoms with van der Waals surface area (Å²) in [6, 6.07) is 26.3. The normalized spacial score (nSPS) is 25.0. The lowest BCUT2D eigenvalue weighted by molar-refractivity contribution is -0.232. The number of aliphatic hydroxyl groups excluding tert-OH is 1. The van der Waals surface area contributed by atoms with Gasteiger partial charge in [-0.05, 0) is 47.9 Å². The van der Waals surface area contributed by atoms with Crippen LogP contribution in [-0.4, -0.2) is 59.4 Å². The van der Waals surface area contributed by atoms with Crippen molar-refractivity contribution in [1.29, 1.82) is 0 Å². The first kappa shape index (κ1) is 27.9. The maximum Gasteiger partial charge on any atom is 0.330 e. The molecule has 3 aromatic carbocycles. The second kappa shape index (κ2) is 10.9. The number of aromatic nitrogens is 2. The number of hydrogen-bond acceptors (Lipinski definition) is 8. The van der Waals surface area contributed by atoms with Crippen LogP contribution in [0.25, 0.3) is 0 Å². The van der Waals surface area contributed by atoms with Gasteiger partial charge in [-0.3, -0.25) is 14.3 Å². The van der Waals surface area contributed by atoms with Crippen LogP contribution in [0.2, 0.25) is 0 Å². The molecule has 2 aliphatic rings. The number of aliphatic hydroxyl groups is 1. The molecular weight excluding hydrogens is 540 g/mol. The van der Waals surface area contributed by atoms with E-state index in [1.807, 2.05) is 85.8 Å². The standard InChI is InChI=1S/C32H32N2O8/c1-20-31(28(36)27(41-20)29(42-31)34-18-17-26(35)33-30(34)37)19-40-32(21-7-5-4-6-8-21,22-9-13-24(38-2)14-10-22)23-11-15-25(39-3)16-12-23/h4-18,20,27-29,36H,19H2,1-3H3,(H,33,35,37)/t20-,27-,28+,29-,31+/m1/s1. The molecule has 42 heavy (non-hydrogen) atoms. The summed E-state index contributed by atoms with van der Waals surface area (Å²) in [5.41, 5.74) is -1.17. The third kappa shape index (κ3) is 4.44. The zero-order chi connectivity index (χ0) is 29.5. The zero-order valence-electron chi connectivity index (χ0n) is 23.4. The summed E-state index contributed by atoms with van der Waals surface area (Å²) >= 11 is 0. The monoisotopic (exact) mass is 572 g/mol. The molecule has 0 aliphatic carbocycles. The maximum atomic E-state index is 12.6. The van der Waals surface area contributed by atoms with Crippen molar-refractivity contribution < 1.29 is 28.8 Å². The third-order valence-electron chi connectivity index (χ3n) is 8.30. The molecule has 218 valence electrons. The zero-order valence-corrected chi connectivity index (χ0v) is 23.4. The average Bonchev–Trinajstić information content (AvgIpc) is 3.43. The Hall–Kier alpha value is -4.22. The number of hydrogen-bond donors (Lipinski definition) is 2. The average molecular weight is 573 g/mol. The molecule has 10 nitrogen and oxygen atoms in total. The van der Waals surface area contributed by atoms with Gasteiger partial charge in [-0.25, -0.2) is 4.79 Å². The first-order valence-electron chi connectivity index (χ1n) is 13.6. The predicted molar refractivity (Wildman–Crippen MR) is 153 cm³/mol. The second-order valence-corrected chi connectivity index (χ2v) is 10.5. The van der Waals surface area contributed by atoms with Crippen molar-refractivity contribution in [3.8, 4) is 11.5 Å². The van der Waals surface area contributed by atoms with Crippen LogP contribution >= 0.6 is 0 Å². The first-order valence-corrected chi connectivity index (χ1v) is 13.6. The maximum absolute atomic E-state index is 12.6. The topological polar surface area (TPSA) is 121 Å². The molecular formula is C32H32N2O8. The largest absolute Gasteiger partial charge is 0.497 e. The van der Waals surface area contributed by atoms with Crippen molar-refractivity contribution >= 4 is 0 Å². The number of methoxy groups -OCH3 is 2. The summed E-state index contributed by atoms with van der Waals surface area (Å²) in [5, 5.41) is 11.5. The van der Waals surface area contributed by atoms with Crippen molar-refractivity contribution in [2.24, 2.45) is 0 Å². The SMILES string of the molecule is COc1ccc(C(OC[C@]23O[C@@H](n4ccc(=O)[nH]c4=O)[C@H](O[C@@H]2C)[C@@H]3O)(c2ccccc2)c2ccc(OC)cc2)cc1. The van der Waals surface area contributed by atoms with Crippen molar-refractivity contribution in [2.75, 3.05) is 20.8 Å². The van der Waals surface area contributed by atoms with E-state index in [-0.39, 0.29) is 6.61 Å². The quantitative estimate of drug-likeness (QED) is 0.294. The Morgan fingerprint density at radius 2 is 1.45 bits per heavy atom. The molecule has 0 radical (unpaired) electrons. The summed E-state index contributed by atoms with van der Waals surface area (Å²) in [5.74, 6) is 1.39. The lowest BCUT2D eigenvalue weighted by Gasteiger charge is -2.41. The number of benzene rings is 3. The third-order valence-corrected chi connectivity index (χ3v) is 8.30. The molecule has 10 heteroatoms. The fourth-order valence-corrected chi connectivity index (χ4v) is 6.00. The minimum atomic E-state index is -1.32. The number of H-pyrrole nitrogens is 1. The van der Waals surface area contributed by atoms with Crippen LogP contribution in [0.4, 0.5) is 0 Å². The van der Waals surface area contributed by atoms with Crippen LogP contribution in [0.3, 0.4) is 0 Å². The molecule has 2 saturated heterocycles. The van der Waals surface area contributed by atoms with Gasteiger partial charge < -0.3 is 28.8 Å². The highest BCUT2D eigenvalue weighted by atomic mass is 16.7. The molecule has 6 rings (SSSR count). The summed E-state index contributed by atoms with van der Waals surface area (Å²) in [7, 11) is 3.22. The molecule has 5 atom stereocenters. The Bertz CT molecular complexity index is 1600. The van der Waals surface area contributed by atoms with Gasteiger partial charge in [0.25, 0.3) is 5.56 Å². The van der Waals surface area contributed by atoms with Gasteiger partial charge in [0, 0.05) is 12.3 Å². The molecule has 4 aromatic rings. The second-order valence-electron chi connectivity index (χ2n) is 10.5. The Labute approximate surface area is 242 Å². The van der Waals surface area contributed by atoms with Gasteiger partial charge in [-0.2, -0.15) is 0 Å². The lowest BCUT2D eigenvalue weighted by Crippen LogP contribution is -2.52. The number of ether oxygens (including phenoxy) is 5. The number of fused-ring (bicyclic) bond motifs is 2. The Balaban J connectivity index is 1.46. The number of rotatable bonds is 9. The Morgan fingerprint density at radius 1 is 0.881 bits per heavy atom. The van der Waals surface area contributed by atoms with E-state index in [0.29, 0.717) is 11.5 Å². The lowest BCUT2D eigenvalue weighted by atomic mass is 9.79.